The van der Waals surface area contributed by atoms with Crippen LogP contribution in [0.3, 0.4) is 0 Å². The van der Waals surface area contributed by atoms with E-state index in [9.17, 15) is 22.8 Å². The Morgan fingerprint density at radius 2 is 1.57 bits per heavy atom. The molecule has 210 valence electrons. The van der Waals surface area contributed by atoms with Crippen LogP contribution in [0.2, 0.25) is 0 Å². The van der Waals surface area contributed by atoms with E-state index in [0.29, 0.717) is 28.1 Å². The van der Waals surface area contributed by atoms with Gasteiger partial charge in [0.15, 0.2) is 5.78 Å². The highest BCUT2D eigenvalue weighted by atomic mass is 19.4. The molecule has 0 unspecified atom stereocenters. The summed E-state index contributed by atoms with van der Waals surface area (Å²) >= 11 is 0. The minimum Gasteiger partial charge on any atom is -0.351 e. The summed E-state index contributed by atoms with van der Waals surface area (Å²) in [6.45, 7) is 0. The number of anilines is 2. The summed E-state index contributed by atoms with van der Waals surface area (Å²) in [6.07, 6.45) is 0.327. The highest BCUT2D eigenvalue weighted by Crippen LogP contribution is 2.41. The predicted octanol–water partition coefficient (Wildman–Crippen LogP) is 8.25. The summed E-state index contributed by atoms with van der Waals surface area (Å²) in [5.74, 6) is -0.383. The fraction of sp³-hybridized carbons (Fsp3) is 0.147. The summed E-state index contributed by atoms with van der Waals surface area (Å²) in [5, 5.41) is 0.173. The molecule has 2 amide bonds. The molecule has 0 spiro atoms. The fourth-order valence-electron chi connectivity index (χ4n) is 5.84. The summed E-state index contributed by atoms with van der Waals surface area (Å²) in [7, 11) is 0. The molecular formula is C34H26F3N3O2. The number of para-hydroxylation sites is 1. The third-order valence-electron chi connectivity index (χ3n) is 7.71. The summed E-state index contributed by atoms with van der Waals surface area (Å²) in [6, 6.07) is 24.2. The van der Waals surface area contributed by atoms with Crippen LogP contribution in [0, 0.1) is 0 Å². The number of benzene rings is 4. The number of ketones is 1. The van der Waals surface area contributed by atoms with Crippen molar-refractivity contribution in [1.82, 2.24) is 4.98 Å². The van der Waals surface area contributed by atoms with Crippen LogP contribution in [0.25, 0.3) is 22.0 Å². The van der Waals surface area contributed by atoms with Gasteiger partial charge in [-0.15, -0.1) is 0 Å². The number of urea groups is 1. The fourth-order valence-corrected chi connectivity index (χ4v) is 5.84. The van der Waals surface area contributed by atoms with E-state index >= 15 is 0 Å². The number of fused-ring (bicyclic) bond motifs is 2. The van der Waals surface area contributed by atoms with E-state index in [1.807, 2.05) is 12.1 Å². The number of nitrogens with zero attached hydrogens (tertiary/aromatic N) is 2. The molecule has 0 aliphatic heterocycles. The number of nitrogens with two attached hydrogens (primary N) is 1. The van der Waals surface area contributed by atoms with Crippen molar-refractivity contribution in [3.05, 3.63) is 125 Å². The maximum absolute atomic E-state index is 14.0. The summed E-state index contributed by atoms with van der Waals surface area (Å²) < 4.78 is 42.0. The number of aryl methyl sites for hydroxylation is 1. The number of rotatable bonds is 5. The van der Waals surface area contributed by atoms with E-state index in [0.717, 1.165) is 42.9 Å². The predicted molar refractivity (Wildman–Crippen MR) is 157 cm³/mol. The Morgan fingerprint density at radius 1 is 0.833 bits per heavy atom. The number of carbonyl (C=O) groups excluding carboxylic acids is 2. The van der Waals surface area contributed by atoms with Crippen molar-refractivity contribution in [3.8, 4) is 11.1 Å². The number of primary amides is 1. The lowest BCUT2D eigenvalue weighted by Crippen LogP contribution is -2.32. The van der Waals surface area contributed by atoms with Crippen molar-refractivity contribution in [1.29, 1.82) is 0 Å². The number of pyridine rings is 1. The Balaban J connectivity index is 1.58. The molecule has 1 aromatic heterocycles. The van der Waals surface area contributed by atoms with Crippen molar-refractivity contribution in [2.45, 2.75) is 31.9 Å². The maximum Gasteiger partial charge on any atom is 0.418 e. The molecule has 0 radical (unpaired) electrons. The number of hydrogen-bond donors (Lipinski definition) is 1. The van der Waals surface area contributed by atoms with E-state index < -0.39 is 17.8 Å². The quantitative estimate of drug-likeness (QED) is 0.218. The number of hydrogen-bond acceptors (Lipinski definition) is 3. The topological polar surface area (TPSA) is 76.3 Å². The Morgan fingerprint density at radius 3 is 2.33 bits per heavy atom. The molecule has 4 aromatic carbocycles. The van der Waals surface area contributed by atoms with Crippen molar-refractivity contribution >= 4 is 34.1 Å². The highest BCUT2D eigenvalue weighted by molar-refractivity contribution is 6.17. The van der Waals surface area contributed by atoms with Crippen molar-refractivity contribution < 1.29 is 22.8 Å². The summed E-state index contributed by atoms with van der Waals surface area (Å²) in [4.78, 5) is 32.2. The zero-order valence-corrected chi connectivity index (χ0v) is 22.5. The number of alkyl halides is 3. The molecule has 2 N–H and O–H groups in total. The van der Waals surface area contributed by atoms with Crippen molar-refractivity contribution in [2.24, 2.45) is 5.73 Å². The maximum atomic E-state index is 14.0. The van der Waals surface area contributed by atoms with Crippen LogP contribution in [0.4, 0.5) is 29.3 Å². The average Bonchev–Trinajstić information content (AvgIpc) is 3.00. The van der Waals surface area contributed by atoms with Crippen LogP contribution in [-0.4, -0.2) is 16.8 Å². The molecule has 0 saturated heterocycles. The monoisotopic (exact) mass is 565 g/mol. The van der Waals surface area contributed by atoms with Crippen LogP contribution >= 0.6 is 0 Å². The van der Waals surface area contributed by atoms with Gasteiger partial charge in [-0.05, 0) is 66.6 Å². The lowest BCUT2D eigenvalue weighted by atomic mass is 9.89. The second-order valence-corrected chi connectivity index (χ2v) is 10.3. The molecular weight excluding hydrogens is 539 g/mol. The van der Waals surface area contributed by atoms with Gasteiger partial charge in [0, 0.05) is 28.3 Å². The number of aromatic nitrogens is 1. The zero-order chi connectivity index (χ0) is 29.4. The van der Waals surface area contributed by atoms with Crippen LogP contribution in [-0.2, 0) is 19.0 Å². The van der Waals surface area contributed by atoms with E-state index in [1.165, 1.54) is 23.2 Å². The van der Waals surface area contributed by atoms with Crippen LogP contribution in [0.5, 0.6) is 0 Å². The zero-order valence-electron chi connectivity index (χ0n) is 22.5. The van der Waals surface area contributed by atoms with Gasteiger partial charge in [-0.2, -0.15) is 13.2 Å². The molecule has 0 saturated carbocycles. The summed E-state index contributed by atoms with van der Waals surface area (Å²) in [5.41, 5.74) is 9.37. The lowest BCUT2D eigenvalue weighted by Gasteiger charge is -2.27. The first-order valence-electron chi connectivity index (χ1n) is 13.6. The normalized spacial score (nSPS) is 13.0. The molecule has 42 heavy (non-hydrogen) atoms. The van der Waals surface area contributed by atoms with Gasteiger partial charge in [-0.1, -0.05) is 66.7 Å². The molecule has 5 nitrogen and oxygen atoms in total. The van der Waals surface area contributed by atoms with Crippen LogP contribution in [0.1, 0.15) is 45.5 Å². The van der Waals surface area contributed by atoms with Gasteiger partial charge in [0.25, 0.3) is 0 Å². The van der Waals surface area contributed by atoms with E-state index in [4.69, 9.17) is 5.73 Å². The van der Waals surface area contributed by atoms with Crippen molar-refractivity contribution in [2.75, 3.05) is 4.90 Å². The third-order valence-corrected chi connectivity index (χ3v) is 7.71. The van der Waals surface area contributed by atoms with Crippen LogP contribution in [0.15, 0.2) is 97.2 Å². The minimum absolute atomic E-state index is 0.146. The third kappa shape index (κ3) is 4.89. The first-order valence-corrected chi connectivity index (χ1v) is 13.6. The second-order valence-electron chi connectivity index (χ2n) is 10.3. The van der Waals surface area contributed by atoms with E-state index in [-0.39, 0.29) is 22.2 Å². The molecule has 0 atom stereocenters. The van der Waals surface area contributed by atoms with Gasteiger partial charge in [0.1, 0.15) is 0 Å². The smallest absolute Gasteiger partial charge is 0.351 e. The van der Waals surface area contributed by atoms with E-state index in [1.54, 1.807) is 54.6 Å². The lowest BCUT2D eigenvalue weighted by molar-refractivity contribution is -0.136. The van der Waals surface area contributed by atoms with Gasteiger partial charge < -0.3 is 5.73 Å². The first kappa shape index (κ1) is 27.2. The van der Waals surface area contributed by atoms with Gasteiger partial charge >= 0.3 is 12.2 Å². The number of amides is 2. The Labute approximate surface area is 240 Å². The molecule has 0 bridgehead atoms. The molecule has 5 aromatic rings. The Bertz CT molecular complexity index is 1830. The largest absolute Gasteiger partial charge is 0.418 e. The standard InChI is InChI=1S/C34H26F3N3O2/c35-34(36,37)28-17-8-16-26-30(27(20-39-31(26)28)32(41)22-10-2-1-3-11-22)23-13-6-14-24(19-23)40(33(38)42)29-18-7-12-21-9-4-5-15-25(21)29/h1-3,6-8,10-14,16-20H,4-5,9,15H2,(H2,38,42). The number of halogens is 3. The average molecular weight is 566 g/mol. The van der Waals surface area contributed by atoms with Crippen molar-refractivity contribution in [3.63, 3.8) is 0 Å². The van der Waals surface area contributed by atoms with Gasteiger partial charge in [-0.25, -0.2) is 4.79 Å². The highest BCUT2D eigenvalue weighted by Gasteiger charge is 2.34. The van der Waals surface area contributed by atoms with Gasteiger partial charge in [-0.3, -0.25) is 14.7 Å². The first-order chi connectivity index (χ1) is 20.2. The molecule has 1 heterocycles. The van der Waals surface area contributed by atoms with E-state index in [2.05, 4.69) is 11.1 Å². The van der Waals surface area contributed by atoms with Gasteiger partial charge in [0.05, 0.1) is 22.5 Å². The van der Waals surface area contributed by atoms with Gasteiger partial charge in [0.2, 0.25) is 0 Å². The molecule has 1 aliphatic rings. The Hall–Kier alpha value is -4.98. The SMILES string of the molecule is NC(=O)N(c1cccc(-c2c(C(=O)c3ccccc3)cnc3c(C(F)(F)F)cccc23)c1)c1cccc2c1CCCC2. The second kappa shape index (κ2) is 10.8. The minimum atomic E-state index is -4.65. The molecule has 0 fully saturated rings. The number of carbonyl (C=O) groups is 2. The molecule has 6 rings (SSSR count). The van der Waals surface area contributed by atoms with Crippen LogP contribution < -0.4 is 10.6 Å². The molecule has 8 heteroatoms. The molecule has 1 aliphatic carbocycles. The Kier molecular flexibility index (Phi) is 6.98.